The van der Waals surface area contributed by atoms with Gasteiger partial charge in [0.1, 0.15) is 11.6 Å². The van der Waals surface area contributed by atoms with Crippen molar-refractivity contribution in [3.8, 4) is 11.4 Å². The van der Waals surface area contributed by atoms with Gasteiger partial charge in [-0.2, -0.15) is 0 Å². The van der Waals surface area contributed by atoms with Gasteiger partial charge in [0.15, 0.2) is 0 Å². The lowest BCUT2D eigenvalue weighted by atomic mass is 9.78. The second-order valence-electron chi connectivity index (χ2n) is 7.48. The molecule has 2 saturated heterocycles. The number of nitrogens with zero attached hydrogens (tertiary/aromatic N) is 4. The summed E-state index contributed by atoms with van der Waals surface area (Å²) in [6, 6.07) is 7.99. The second kappa shape index (κ2) is 6.76. The SMILES string of the molecule is COc1ccc(-n2ccnc2CN2CCC3(CCCN(C)C3=O)C2)cc1. The summed E-state index contributed by atoms with van der Waals surface area (Å²) >= 11 is 0. The van der Waals surface area contributed by atoms with E-state index in [2.05, 4.69) is 14.5 Å². The maximum absolute atomic E-state index is 12.7. The first-order valence-corrected chi connectivity index (χ1v) is 9.26. The van der Waals surface area contributed by atoms with Gasteiger partial charge >= 0.3 is 0 Å². The average Bonchev–Trinajstić information content (AvgIpc) is 3.28. The second-order valence-corrected chi connectivity index (χ2v) is 7.48. The van der Waals surface area contributed by atoms with Crippen molar-refractivity contribution in [3.05, 3.63) is 42.5 Å². The molecule has 26 heavy (non-hydrogen) atoms. The molecule has 1 atom stereocenters. The van der Waals surface area contributed by atoms with E-state index in [1.807, 2.05) is 48.6 Å². The van der Waals surface area contributed by atoms with Gasteiger partial charge in [-0.05, 0) is 50.1 Å². The zero-order chi connectivity index (χ0) is 18.1. The fourth-order valence-corrected chi connectivity index (χ4v) is 4.37. The van der Waals surface area contributed by atoms with E-state index >= 15 is 0 Å². The topological polar surface area (TPSA) is 50.6 Å². The molecule has 3 heterocycles. The predicted molar refractivity (Wildman–Crippen MR) is 99.3 cm³/mol. The van der Waals surface area contributed by atoms with Crippen LogP contribution in [-0.2, 0) is 11.3 Å². The van der Waals surface area contributed by atoms with Crippen molar-refractivity contribution in [3.63, 3.8) is 0 Å². The predicted octanol–water partition coefficient (Wildman–Crippen LogP) is 2.33. The first kappa shape index (κ1) is 17.1. The number of aromatic nitrogens is 2. The molecule has 0 bridgehead atoms. The van der Waals surface area contributed by atoms with Crippen LogP contribution < -0.4 is 4.74 Å². The van der Waals surface area contributed by atoms with E-state index in [0.717, 1.165) is 62.7 Å². The molecule has 2 aliphatic rings. The van der Waals surface area contributed by atoms with Gasteiger partial charge in [0.05, 0.1) is 19.1 Å². The van der Waals surface area contributed by atoms with Crippen molar-refractivity contribution in [1.82, 2.24) is 19.4 Å². The molecule has 6 heteroatoms. The summed E-state index contributed by atoms with van der Waals surface area (Å²) in [6.45, 7) is 3.45. The summed E-state index contributed by atoms with van der Waals surface area (Å²) in [5.74, 6) is 2.17. The summed E-state index contributed by atoms with van der Waals surface area (Å²) in [6.07, 6.45) is 6.91. The van der Waals surface area contributed by atoms with Gasteiger partial charge in [-0.25, -0.2) is 4.98 Å². The highest BCUT2D eigenvalue weighted by molar-refractivity contribution is 5.83. The quantitative estimate of drug-likeness (QED) is 0.846. The molecule has 0 aliphatic carbocycles. The summed E-state index contributed by atoms with van der Waals surface area (Å²) in [7, 11) is 3.60. The van der Waals surface area contributed by atoms with Crippen LogP contribution in [0.25, 0.3) is 5.69 Å². The normalized spacial score (nSPS) is 23.8. The van der Waals surface area contributed by atoms with Crippen molar-refractivity contribution in [1.29, 1.82) is 0 Å². The van der Waals surface area contributed by atoms with Crippen molar-refractivity contribution < 1.29 is 9.53 Å². The number of methoxy groups -OCH3 is 1. The Labute approximate surface area is 154 Å². The van der Waals surface area contributed by atoms with Gasteiger partial charge in [-0.3, -0.25) is 9.69 Å². The molecule has 1 aromatic heterocycles. The van der Waals surface area contributed by atoms with Gasteiger partial charge < -0.3 is 14.2 Å². The molecule has 6 nitrogen and oxygen atoms in total. The van der Waals surface area contributed by atoms with Crippen LogP contribution in [0, 0.1) is 5.41 Å². The third kappa shape index (κ3) is 2.98. The number of ether oxygens (including phenoxy) is 1. The number of hydrogen-bond acceptors (Lipinski definition) is 4. The molecule has 2 fully saturated rings. The van der Waals surface area contributed by atoms with Crippen LogP contribution in [0.5, 0.6) is 5.75 Å². The van der Waals surface area contributed by atoms with Crippen molar-refractivity contribution in [2.24, 2.45) is 5.41 Å². The Hall–Kier alpha value is -2.34. The zero-order valence-corrected chi connectivity index (χ0v) is 15.5. The molecule has 0 radical (unpaired) electrons. The number of piperidine rings is 1. The fourth-order valence-electron chi connectivity index (χ4n) is 4.37. The van der Waals surface area contributed by atoms with E-state index in [1.165, 1.54) is 0 Å². The first-order chi connectivity index (χ1) is 12.6. The van der Waals surface area contributed by atoms with Crippen molar-refractivity contribution in [2.75, 3.05) is 33.8 Å². The number of hydrogen-bond donors (Lipinski definition) is 0. The molecule has 2 aromatic rings. The molecule has 1 amide bonds. The maximum atomic E-state index is 12.7. The van der Waals surface area contributed by atoms with Gasteiger partial charge in [0.25, 0.3) is 0 Å². The smallest absolute Gasteiger partial charge is 0.229 e. The Morgan fingerprint density at radius 3 is 2.77 bits per heavy atom. The van der Waals surface area contributed by atoms with Gasteiger partial charge in [-0.15, -0.1) is 0 Å². The van der Waals surface area contributed by atoms with E-state index in [1.54, 1.807) is 7.11 Å². The minimum Gasteiger partial charge on any atom is -0.497 e. The minimum absolute atomic E-state index is 0.176. The Kier molecular flexibility index (Phi) is 4.44. The molecule has 0 N–H and O–H groups in total. The van der Waals surface area contributed by atoms with E-state index in [-0.39, 0.29) is 5.41 Å². The summed E-state index contributed by atoms with van der Waals surface area (Å²) in [5.41, 5.74) is 0.894. The Balaban J connectivity index is 1.49. The highest BCUT2D eigenvalue weighted by atomic mass is 16.5. The Bertz CT molecular complexity index is 785. The molecule has 2 aliphatic heterocycles. The standard InChI is InChI=1S/C20H26N4O2/c1-22-11-3-8-20(19(22)25)9-12-23(15-20)14-18-21-10-13-24(18)16-4-6-17(26-2)7-5-16/h4-7,10,13H,3,8-9,11-12,14-15H2,1-2H3. The van der Waals surface area contributed by atoms with Crippen LogP contribution in [0.4, 0.5) is 0 Å². The van der Waals surface area contributed by atoms with Crippen LogP contribution >= 0.6 is 0 Å². The van der Waals surface area contributed by atoms with Gasteiger partial charge in [0.2, 0.25) is 5.91 Å². The van der Waals surface area contributed by atoms with Crippen LogP contribution in [0.3, 0.4) is 0 Å². The lowest BCUT2D eigenvalue weighted by Crippen LogP contribution is -2.48. The van der Waals surface area contributed by atoms with E-state index in [0.29, 0.717) is 5.91 Å². The number of amides is 1. The monoisotopic (exact) mass is 354 g/mol. The first-order valence-electron chi connectivity index (χ1n) is 9.26. The lowest BCUT2D eigenvalue weighted by Gasteiger charge is -2.37. The molecule has 4 rings (SSSR count). The molecule has 0 saturated carbocycles. The molecule has 138 valence electrons. The number of rotatable bonds is 4. The maximum Gasteiger partial charge on any atom is 0.229 e. The van der Waals surface area contributed by atoms with Crippen LogP contribution in [-0.4, -0.2) is 59.0 Å². The number of carbonyl (C=O) groups is 1. The Morgan fingerprint density at radius 1 is 1.19 bits per heavy atom. The van der Waals surface area contributed by atoms with Crippen LogP contribution in [0.15, 0.2) is 36.7 Å². The third-order valence-electron chi connectivity index (χ3n) is 5.82. The zero-order valence-electron chi connectivity index (χ0n) is 15.5. The number of benzene rings is 1. The number of likely N-dealkylation sites (tertiary alicyclic amines) is 2. The van der Waals surface area contributed by atoms with Crippen LogP contribution in [0.2, 0.25) is 0 Å². The third-order valence-corrected chi connectivity index (χ3v) is 5.82. The highest BCUT2D eigenvalue weighted by Gasteiger charge is 2.47. The van der Waals surface area contributed by atoms with Gasteiger partial charge in [-0.1, -0.05) is 0 Å². The summed E-state index contributed by atoms with van der Waals surface area (Å²) < 4.78 is 7.35. The van der Waals surface area contributed by atoms with Crippen molar-refractivity contribution >= 4 is 5.91 Å². The Morgan fingerprint density at radius 2 is 2.00 bits per heavy atom. The summed E-state index contributed by atoms with van der Waals surface area (Å²) in [5, 5.41) is 0. The number of imidazole rings is 1. The molecule has 1 aromatic carbocycles. The lowest BCUT2D eigenvalue weighted by molar-refractivity contribution is -0.143. The molecule has 1 unspecified atom stereocenters. The number of carbonyl (C=O) groups excluding carboxylic acids is 1. The molecular weight excluding hydrogens is 328 g/mol. The van der Waals surface area contributed by atoms with Crippen molar-refractivity contribution in [2.45, 2.75) is 25.8 Å². The molecular formula is C20H26N4O2. The average molecular weight is 354 g/mol. The van der Waals surface area contributed by atoms with E-state index < -0.39 is 0 Å². The van der Waals surface area contributed by atoms with E-state index in [4.69, 9.17) is 4.74 Å². The largest absolute Gasteiger partial charge is 0.497 e. The highest BCUT2D eigenvalue weighted by Crippen LogP contribution is 2.40. The molecule has 1 spiro atoms. The minimum atomic E-state index is -0.176. The fraction of sp³-hybridized carbons (Fsp3) is 0.500. The van der Waals surface area contributed by atoms with E-state index in [9.17, 15) is 4.79 Å². The van der Waals surface area contributed by atoms with Gasteiger partial charge in [0, 0.05) is 38.2 Å². The van der Waals surface area contributed by atoms with Crippen LogP contribution in [0.1, 0.15) is 25.1 Å². The summed E-state index contributed by atoms with van der Waals surface area (Å²) in [4.78, 5) is 21.6.